The second-order valence-electron chi connectivity index (χ2n) is 4.58. The largest absolute Gasteiger partial charge is 0.476 e. The highest BCUT2D eigenvalue weighted by atomic mass is 32.1. The van der Waals surface area contributed by atoms with Gasteiger partial charge in [0.05, 0.1) is 11.4 Å². The Morgan fingerprint density at radius 1 is 1.29 bits per heavy atom. The molecule has 1 heterocycles. The van der Waals surface area contributed by atoms with Crippen LogP contribution in [0.4, 0.5) is 0 Å². The average Bonchev–Trinajstić information content (AvgIpc) is 2.81. The van der Waals surface area contributed by atoms with Gasteiger partial charge < -0.3 is 10.4 Å². The van der Waals surface area contributed by atoms with Crippen molar-refractivity contribution < 1.29 is 14.7 Å². The van der Waals surface area contributed by atoms with Crippen LogP contribution in [0.1, 0.15) is 25.9 Å². The molecule has 2 rings (SSSR count). The Hall–Kier alpha value is -2.21. The minimum absolute atomic E-state index is 0.0482. The van der Waals surface area contributed by atoms with Gasteiger partial charge in [-0.25, -0.2) is 9.78 Å². The predicted octanol–water partition coefficient (Wildman–Crippen LogP) is 2.05. The number of benzene rings is 1. The number of rotatable bonds is 6. The lowest BCUT2D eigenvalue weighted by molar-refractivity contribution is -0.120. The molecule has 0 fully saturated rings. The molecular formula is C15H16N2O3S. The summed E-state index contributed by atoms with van der Waals surface area (Å²) in [5, 5.41) is 12.5. The fourth-order valence-corrected chi connectivity index (χ4v) is 2.83. The molecule has 110 valence electrons. The summed E-state index contributed by atoms with van der Waals surface area (Å²) in [5.74, 6) is -1.06. The van der Waals surface area contributed by atoms with Gasteiger partial charge in [-0.1, -0.05) is 30.3 Å². The number of aryl methyl sites for hydroxylation is 1. The van der Waals surface area contributed by atoms with E-state index in [0.717, 1.165) is 10.6 Å². The number of thiazole rings is 1. The van der Waals surface area contributed by atoms with Crippen molar-refractivity contribution in [2.75, 3.05) is 6.54 Å². The van der Waals surface area contributed by atoms with E-state index in [9.17, 15) is 9.59 Å². The average molecular weight is 304 g/mol. The molecule has 6 heteroatoms. The van der Waals surface area contributed by atoms with Gasteiger partial charge in [-0.3, -0.25) is 4.79 Å². The molecule has 1 amide bonds. The fraction of sp³-hybridized carbons (Fsp3) is 0.267. The number of carbonyl (C=O) groups excluding carboxylic acids is 1. The van der Waals surface area contributed by atoms with Gasteiger partial charge in [0.25, 0.3) is 0 Å². The Kier molecular flexibility index (Phi) is 5.05. The summed E-state index contributed by atoms with van der Waals surface area (Å²) in [7, 11) is 0. The number of carboxylic acid groups (broad SMARTS) is 1. The van der Waals surface area contributed by atoms with E-state index in [1.54, 1.807) is 6.92 Å². The van der Waals surface area contributed by atoms with Crippen molar-refractivity contribution in [1.29, 1.82) is 0 Å². The molecule has 1 aromatic heterocycles. The Balaban J connectivity index is 1.80. The zero-order valence-corrected chi connectivity index (χ0v) is 12.4. The van der Waals surface area contributed by atoms with Crippen LogP contribution in [0.15, 0.2) is 30.3 Å². The summed E-state index contributed by atoms with van der Waals surface area (Å²) in [5.41, 5.74) is 1.07. The summed E-state index contributed by atoms with van der Waals surface area (Å²) in [6, 6.07) is 9.51. The molecule has 0 radical (unpaired) electrons. The van der Waals surface area contributed by atoms with Crippen LogP contribution in [0.3, 0.4) is 0 Å². The highest BCUT2D eigenvalue weighted by Crippen LogP contribution is 2.17. The third-order valence-corrected chi connectivity index (χ3v) is 3.94. The molecule has 21 heavy (non-hydrogen) atoms. The normalized spacial score (nSPS) is 10.3. The van der Waals surface area contributed by atoms with Gasteiger partial charge in [-0.15, -0.1) is 11.3 Å². The van der Waals surface area contributed by atoms with Crippen molar-refractivity contribution in [3.63, 3.8) is 0 Å². The Morgan fingerprint density at radius 3 is 2.62 bits per heavy atom. The quantitative estimate of drug-likeness (QED) is 0.856. The summed E-state index contributed by atoms with van der Waals surface area (Å²) in [4.78, 5) is 27.4. The van der Waals surface area contributed by atoms with E-state index in [4.69, 9.17) is 5.11 Å². The second kappa shape index (κ2) is 6.99. The van der Waals surface area contributed by atoms with Crippen molar-refractivity contribution in [2.24, 2.45) is 0 Å². The lowest BCUT2D eigenvalue weighted by Crippen LogP contribution is -2.27. The van der Waals surface area contributed by atoms with Gasteiger partial charge in [0.15, 0.2) is 5.69 Å². The van der Waals surface area contributed by atoms with Crippen LogP contribution >= 0.6 is 11.3 Å². The van der Waals surface area contributed by atoms with Crippen LogP contribution in [0, 0.1) is 6.92 Å². The first-order valence-corrected chi connectivity index (χ1v) is 7.38. The number of carbonyl (C=O) groups is 2. The van der Waals surface area contributed by atoms with Crippen LogP contribution in [-0.4, -0.2) is 28.5 Å². The van der Waals surface area contributed by atoms with Crippen molar-refractivity contribution in [3.8, 4) is 0 Å². The maximum absolute atomic E-state index is 11.8. The molecule has 2 N–H and O–H groups in total. The first kappa shape index (κ1) is 15.2. The maximum atomic E-state index is 11.8. The van der Waals surface area contributed by atoms with Gasteiger partial charge in [-0.05, 0) is 12.5 Å². The first-order valence-electron chi connectivity index (χ1n) is 6.56. The van der Waals surface area contributed by atoms with E-state index in [2.05, 4.69) is 10.3 Å². The SMILES string of the molecule is Cc1sc(CCNC(=O)Cc2ccccc2)nc1C(=O)O. The molecule has 2 aromatic rings. The molecule has 0 bridgehead atoms. The molecule has 0 atom stereocenters. The van der Waals surface area contributed by atoms with E-state index < -0.39 is 5.97 Å². The molecule has 0 unspecified atom stereocenters. The number of aromatic nitrogens is 1. The maximum Gasteiger partial charge on any atom is 0.355 e. The molecule has 0 saturated heterocycles. The minimum atomic E-state index is -1.01. The number of carboxylic acids is 1. The fourth-order valence-electron chi connectivity index (χ4n) is 1.91. The topological polar surface area (TPSA) is 79.3 Å². The molecule has 0 aliphatic carbocycles. The number of nitrogens with zero attached hydrogens (tertiary/aromatic N) is 1. The van der Waals surface area contributed by atoms with Gasteiger partial charge in [0.2, 0.25) is 5.91 Å². The monoisotopic (exact) mass is 304 g/mol. The van der Waals surface area contributed by atoms with E-state index in [1.165, 1.54) is 11.3 Å². The van der Waals surface area contributed by atoms with Crippen LogP contribution in [0.2, 0.25) is 0 Å². The number of nitrogens with one attached hydrogen (secondary N) is 1. The summed E-state index contributed by atoms with van der Waals surface area (Å²) in [6.07, 6.45) is 0.886. The van der Waals surface area contributed by atoms with Crippen LogP contribution < -0.4 is 5.32 Å². The van der Waals surface area contributed by atoms with Crippen molar-refractivity contribution in [3.05, 3.63) is 51.5 Å². The van der Waals surface area contributed by atoms with E-state index in [-0.39, 0.29) is 11.6 Å². The summed E-state index contributed by atoms with van der Waals surface area (Å²) < 4.78 is 0. The highest BCUT2D eigenvalue weighted by molar-refractivity contribution is 7.11. The van der Waals surface area contributed by atoms with Crippen LogP contribution in [-0.2, 0) is 17.6 Å². The highest BCUT2D eigenvalue weighted by Gasteiger charge is 2.13. The predicted molar refractivity (Wildman–Crippen MR) is 80.7 cm³/mol. The van der Waals surface area contributed by atoms with Crippen molar-refractivity contribution in [1.82, 2.24) is 10.3 Å². The molecule has 0 aliphatic heterocycles. The molecule has 1 aromatic carbocycles. The van der Waals surface area contributed by atoms with Gasteiger partial charge in [0.1, 0.15) is 0 Å². The zero-order chi connectivity index (χ0) is 15.2. The van der Waals surface area contributed by atoms with Gasteiger partial charge in [-0.2, -0.15) is 0 Å². The number of aromatic carboxylic acids is 1. The summed E-state index contributed by atoms with van der Waals surface area (Å²) in [6.45, 7) is 2.19. The van der Waals surface area contributed by atoms with E-state index >= 15 is 0 Å². The molecule has 0 aliphatic rings. The number of hydrogen-bond donors (Lipinski definition) is 2. The standard InChI is InChI=1S/C15H16N2O3S/c1-10-14(15(19)20)17-13(21-10)7-8-16-12(18)9-11-5-3-2-4-6-11/h2-6H,7-9H2,1H3,(H,16,18)(H,19,20). The third kappa shape index (κ3) is 4.39. The van der Waals surface area contributed by atoms with Crippen molar-refractivity contribution >= 4 is 23.2 Å². The Bertz CT molecular complexity index is 638. The van der Waals surface area contributed by atoms with Gasteiger partial charge in [0, 0.05) is 17.8 Å². The lowest BCUT2D eigenvalue weighted by atomic mass is 10.1. The molecular weight excluding hydrogens is 288 g/mol. The number of hydrogen-bond acceptors (Lipinski definition) is 4. The lowest BCUT2D eigenvalue weighted by Gasteiger charge is -2.03. The smallest absolute Gasteiger partial charge is 0.355 e. The van der Waals surface area contributed by atoms with Gasteiger partial charge >= 0.3 is 5.97 Å². The second-order valence-corrected chi connectivity index (χ2v) is 5.87. The molecule has 0 spiro atoms. The summed E-state index contributed by atoms with van der Waals surface area (Å²) >= 11 is 1.36. The van der Waals surface area contributed by atoms with Crippen molar-refractivity contribution in [2.45, 2.75) is 19.8 Å². The van der Waals surface area contributed by atoms with E-state index in [0.29, 0.717) is 24.3 Å². The molecule has 5 nitrogen and oxygen atoms in total. The first-order chi connectivity index (χ1) is 10.1. The van der Waals surface area contributed by atoms with Crippen LogP contribution in [0.5, 0.6) is 0 Å². The Labute approximate surface area is 126 Å². The number of amides is 1. The Morgan fingerprint density at radius 2 is 2.00 bits per heavy atom. The van der Waals surface area contributed by atoms with E-state index in [1.807, 2.05) is 30.3 Å². The zero-order valence-electron chi connectivity index (χ0n) is 11.6. The molecule has 0 saturated carbocycles. The minimum Gasteiger partial charge on any atom is -0.476 e. The van der Waals surface area contributed by atoms with Crippen LogP contribution in [0.25, 0.3) is 0 Å². The third-order valence-electron chi connectivity index (χ3n) is 2.91.